The first-order valence-corrected chi connectivity index (χ1v) is 4.90. The van der Waals surface area contributed by atoms with Gasteiger partial charge in [-0.2, -0.15) is 0 Å². The van der Waals surface area contributed by atoms with Gasteiger partial charge in [0.25, 0.3) is 0 Å². The molecule has 0 unspecified atom stereocenters. The van der Waals surface area contributed by atoms with Crippen molar-refractivity contribution in [2.75, 3.05) is 12.0 Å². The van der Waals surface area contributed by atoms with Gasteiger partial charge in [0.1, 0.15) is 0 Å². The molecule has 2 N–H and O–H groups in total. The van der Waals surface area contributed by atoms with E-state index in [2.05, 4.69) is 4.74 Å². The smallest absolute Gasteiger partial charge is 0.420 e. The van der Waals surface area contributed by atoms with E-state index in [1.807, 2.05) is 6.07 Å². The van der Waals surface area contributed by atoms with E-state index >= 15 is 0 Å². The number of nitrogens with two attached hydrogens (primary N) is 1. The molecule has 0 saturated carbocycles. The topological polar surface area (TPSA) is 72.6 Å². The Balaban J connectivity index is 2.42. The first-order valence-electron chi connectivity index (χ1n) is 4.90. The van der Waals surface area contributed by atoms with E-state index < -0.39 is 6.09 Å². The van der Waals surface area contributed by atoms with Gasteiger partial charge in [-0.15, -0.1) is 0 Å². The quantitative estimate of drug-likeness (QED) is 0.759. The average Bonchev–Trinajstić information content (AvgIpc) is 2.62. The van der Waals surface area contributed by atoms with Crippen molar-refractivity contribution in [3.63, 3.8) is 0 Å². The molecule has 0 saturated heterocycles. The third kappa shape index (κ3) is 1.55. The first-order chi connectivity index (χ1) is 7.67. The molecule has 0 fully saturated rings. The van der Waals surface area contributed by atoms with Crippen LogP contribution in [-0.4, -0.2) is 19.1 Å². The highest BCUT2D eigenvalue weighted by atomic mass is 16.5. The van der Waals surface area contributed by atoms with Crippen LogP contribution in [0, 0.1) is 0 Å². The van der Waals surface area contributed by atoms with E-state index in [0.717, 1.165) is 16.0 Å². The number of carbonyl (C=O) groups excluding carboxylic acids is 2. The highest BCUT2D eigenvalue weighted by Crippen LogP contribution is 2.30. The molecule has 1 aliphatic rings. The van der Waals surface area contributed by atoms with Gasteiger partial charge in [-0.3, -0.25) is 4.79 Å². The summed E-state index contributed by atoms with van der Waals surface area (Å²) >= 11 is 0. The molecule has 0 atom stereocenters. The third-order valence-corrected chi connectivity index (χ3v) is 2.57. The number of rotatable bonds is 1. The number of fused-ring (bicyclic) bond motifs is 1. The van der Waals surface area contributed by atoms with Gasteiger partial charge >= 0.3 is 6.09 Å². The minimum absolute atomic E-state index is 0.221. The summed E-state index contributed by atoms with van der Waals surface area (Å²) in [4.78, 5) is 24.1. The van der Waals surface area contributed by atoms with Gasteiger partial charge in [0.05, 0.1) is 19.2 Å². The molecular formula is C11H12N2O3. The van der Waals surface area contributed by atoms with Gasteiger partial charge in [0.2, 0.25) is 5.91 Å². The molecule has 5 nitrogen and oxygen atoms in total. The minimum atomic E-state index is -0.649. The summed E-state index contributed by atoms with van der Waals surface area (Å²) < 4.78 is 4.56. The number of hydrogen-bond acceptors (Lipinski definition) is 4. The zero-order valence-corrected chi connectivity index (χ0v) is 8.90. The van der Waals surface area contributed by atoms with E-state index in [1.165, 1.54) is 7.11 Å². The molecule has 1 heterocycles. The second-order valence-corrected chi connectivity index (χ2v) is 3.54. The Labute approximate surface area is 92.8 Å². The van der Waals surface area contributed by atoms with Crippen LogP contribution in [0.15, 0.2) is 18.2 Å². The number of benzene rings is 1. The number of anilines is 1. The molecule has 1 aromatic rings. The number of hydrogen-bond donors (Lipinski definition) is 1. The Kier molecular flexibility index (Phi) is 2.62. The van der Waals surface area contributed by atoms with Crippen LogP contribution >= 0.6 is 0 Å². The van der Waals surface area contributed by atoms with Crippen LogP contribution in [0.1, 0.15) is 11.1 Å². The second-order valence-electron chi connectivity index (χ2n) is 3.54. The molecule has 2 rings (SSSR count). The molecule has 0 spiro atoms. The Morgan fingerprint density at radius 2 is 2.31 bits per heavy atom. The Bertz CT molecular complexity index is 457. The van der Waals surface area contributed by atoms with Crippen molar-refractivity contribution in [1.82, 2.24) is 0 Å². The number of imide groups is 1. The lowest BCUT2D eigenvalue weighted by Crippen LogP contribution is -2.33. The van der Waals surface area contributed by atoms with E-state index in [9.17, 15) is 9.59 Å². The van der Waals surface area contributed by atoms with Crippen molar-refractivity contribution in [2.24, 2.45) is 5.73 Å². The molecule has 0 aliphatic carbocycles. The van der Waals surface area contributed by atoms with Crippen LogP contribution in [0.25, 0.3) is 0 Å². The molecule has 0 aromatic heterocycles. The molecular weight excluding hydrogens is 208 g/mol. The van der Waals surface area contributed by atoms with Gasteiger partial charge in [-0.05, 0) is 17.2 Å². The van der Waals surface area contributed by atoms with Crippen molar-refractivity contribution in [3.05, 3.63) is 29.3 Å². The van der Waals surface area contributed by atoms with E-state index in [0.29, 0.717) is 12.2 Å². The van der Waals surface area contributed by atoms with Crippen molar-refractivity contribution in [2.45, 2.75) is 13.0 Å². The molecule has 2 amide bonds. The fourth-order valence-corrected chi connectivity index (χ4v) is 1.79. The zero-order valence-electron chi connectivity index (χ0n) is 8.90. The molecule has 5 heteroatoms. The van der Waals surface area contributed by atoms with Gasteiger partial charge in [-0.1, -0.05) is 12.1 Å². The van der Waals surface area contributed by atoms with Crippen LogP contribution in [-0.2, 0) is 22.5 Å². The van der Waals surface area contributed by atoms with Gasteiger partial charge in [0.15, 0.2) is 0 Å². The zero-order chi connectivity index (χ0) is 11.7. The van der Waals surface area contributed by atoms with Crippen LogP contribution in [0.2, 0.25) is 0 Å². The summed E-state index contributed by atoms with van der Waals surface area (Å²) in [7, 11) is 1.25. The molecule has 0 bridgehead atoms. The number of nitrogens with zero attached hydrogens (tertiary/aromatic N) is 1. The Morgan fingerprint density at radius 3 is 2.94 bits per heavy atom. The standard InChI is InChI=1S/C11H12N2O3/c1-16-11(15)13-9-3-2-7(6-12)4-8(9)5-10(13)14/h2-4H,5-6,12H2,1H3. The van der Waals surface area contributed by atoms with Gasteiger partial charge < -0.3 is 10.5 Å². The fourth-order valence-electron chi connectivity index (χ4n) is 1.79. The Hall–Kier alpha value is -1.88. The van der Waals surface area contributed by atoms with Crippen molar-refractivity contribution < 1.29 is 14.3 Å². The number of amides is 2. The van der Waals surface area contributed by atoms with Crippen LogP contribution in [0.5, 0.6) is 0 Å². The van der Waals surface area contributed by atoms with Crippen molar-refractivity contribution in [3.8, 4) is 0 Å². The maximum atomic E-state index is 11.6. The monoisotopic (exact) mass is 220 g/mol. The molecule has 1 aliphatic heterocycles. The van der Waals surface area contributed by atoms with Crippen LogP contribution in [0.3, 0.4) is 0 Å². The lowest BCUT2D eigenvalue weighted by molar-refractivity contribution is -0.116. The third-order valence-electron chi connectivity index (χ3n) is 2.57. The largest absolute Gasteiger partial charge is 0.452 e. The van der Waals surface area contributed by atoms with Gasteiger partial charge in [-0.25, -0.2) is 9.69 Å². The predicted octanol–water partition coefficient (Wildman–Crippen LogP) is 0.801. The summed E-state index contributed by atoms with van der Waals surface area (Å²) in [5, 5.41) is 0. The molecule has 16 heavy (non-hydrogen) atoms. The fraction of sp³-hybridized carbons (Fsp3) is 0.273. The maximum Gasteiger partial charge on any atom is 0.420 e. The molecule has 1 aromatic carbocycles. The van der Waals surface area contributed by atoms with E-state index in [-0.39, 0.29) is 12.3 Å². The summed E-state index contributed by atoms with van der Waals surface area (Å²) in [6.45, 7) is 0.416. The summed E-state index contributed by atoms with van der Waals surface area (Å²) in [5.41, 5.74) is 7.86. The van der Waals surface area contributed by atoms with E-state index in [4.69, 9.17) is 5.73 Å². The second kappa shape index (κ2) is 3.94. The molecule has 0 radical (unpaired) electrons. The minimum Gasteiger partial charge on any atom is -0.452 e. The van der Waals surface area contributed by atoms with Gasteiger partial charge in [0, 0.05) is 6.54 Å². The molecule has 84 valence electrons. The summed E-state index contributed by atoms with van der Waals surface area (Å²) in [5.74, 6) is -0.268. The maximum absolute atomic E-state index is 11.6. The highest BCUT2D eigenvalue weighted by molar-refractivity contribution is 6.17. The van der Waals surface area contributed by atoms with Crippen LogP contribution in [0.4, 0.5) is 10.5 Å². The number of carbonyl (C=O) groups is 2. The van der Waals surface area contributed by atoms with Crippen molar-refractivity contribution >= 4 is 17.7 Å². The van der Waals surface area contributed by atoms with Crippen LogP contribution < -0.4 is 10.6 Å². The normalized spacial score (nSPS) is 13.9. The number of methoxy groups -OCH3 is 1. The lowest BCUT2D eigenvalue weighted by Gasteiger charge is -2.13. The lowest BCUT2D eigenvalue weighted by atomic mass is 10.1. The average molecular weight is 220 g/mol. The first kappa shape index (κ1) is 10.6. The highest BCUT2D eigenvalue weighted by Gasteiger charge is 2.32. The Morgan fingerprint density at radius 1 is 1.56 bits per heavy atom. The number of ether oxygens (including phenoxy) is 1. The predicted molar refractivity (Wildman–Crippen MR) is 57.9 cm³/mol. The summed E-state index contributed by atoms with van der Waals surface area (Å²) in [6.07, 6.45) is -0.428. The summed E-state index contributed by atoms with van der Waals surface area (Å²) in [6, 6.07) is 5.36. The van der Waals surface area contributed by atoms with Crippen molar-refractivity contribution in [1.29, 1.82) is 0 Å². The van der Waals surface area contributed by atoms with E-state index in [1.54, 1.807) is 12.1 Å². The SMILES string of the molecule is COC(=O)N1C(=O)Cc2cc(CN)ccc21.